The van der Waals surface area contributed by atoms with Crippen LogP contribution in [0.2, 0.25) is 0 Å². The molecule has 1 aromatic heterocycles. The van der Waals surface area contributed by atoms with Crippen LogP contribution in [0.15, 0.2) is 24.3 Å². The van der Waals surface area contributed by atoms with Gasteiger partial charge in [0.25, 0.3) is 5.91 Å². The Hall–Kier alpha value is -2.47. The van der Waals surface area contributed by atoms with Crippen LogP contribution in [0.5, 0.6) is 0 Å². The number of benzene rings is 1. The molecule has 6 heteroatoms. The van der Waals surface area contributed by atoms with Crippen LogP contribution in [0.25, 0.3) is 0 Å². The van der Waals surface area contributed by atoms with Crippen molar-refractivity contribution in [3.8, 4) is 0 Å². The zero-order valence-corrected chi connectivity index (χ0v) is 14.3. The number of carbonyl (C=O) groups excluding carboxylic acids is 1. The van der Waals surface area contributed by atoms with Gasteiger partial charge in [-0.25, -0.2) is 9.97 Å². The fraction of sp³-hybridized carbons (Fsp3) is 0.389. The van der Waals surface area contributed by atoms with Gasteiger partial charge in [-0.1, -0.05) is 17.7 Å². The van der Waals surface area contributed by atoms with Crippen LogP contribution >= 0.6 is 0 Å². The van der Waals surface area contributed by atoms with Gasteiger partial charge in [-0.3, -0.25) is 4.79 Å². The van der Waals surface area contributed by atoms with E-state index in [1.54, 1.807) is 0 Å². The number of nitrogens with zero attached hydrogens (tertiary/aromatic N) is 3. The molecule has 6 nitrogen and oxygen atoms in total. The van der Waals surface area contributed by atoms with E-state index in [1.807, 2.05) is 45.0 Å². The Kier molecular flexibility index (Phi) is 4.76. The Bertz CT molecular complexity index is 714. The molecule has 1 aliphatic rings. The number of hydrogen-bond donors (Lipinski definition) is 1. The largest absolute Gasteiger partial charge is 0.378 e. The molecule has 0 saturated carbocycles. The molecule has 1 N–H and O–H groups in total. The van der Waals surface area contributed by atoms with Gasteiger partial charge in [-0.05, 0) is 32.9 Å². The minimum Gasteiger partial charge on any atom is -0.378 e. The van der Waals surface area contributed by atoms with Gasteiger partial charge in [0.15, 0.2) is 0 Å². The van der Waals surface area contributed by atoms with Crippen LogP contribution in [0, 0.1) is 20.8 Å². The standard InChI is InChI=1S/C18H22N4O2/c1-12-4-6-15(7-5-12)17(23)21-16-13(2)19-18(20-14(16)3)22-8-10-24-11-9-22/h4-7H,8-11H2,1-3H3,(H,21,23). The predicted octanol–water partition coefficient (Wildman–Crippen LogP) is 2.49. The lowest BCUT2D eigenvalue weighted by Gasteiger charge is -2.27. The van der Waals surface area contributed by atoms with Crippen LogP contribution in [0.1, 0.15) is 27.3 Å². The molecule has 1 aromatic carbocycles. The van der Waals surface area contributed by atoms with Crippen molar-refractivity contribution in [1.82, 2.24) is 9.97 Å². The summed E-state index contributed by atoms with van der Waals surface area (Å²) in [6.45, 7) is 8.73. The smallest absolute Gasteiger partial charge is 0.255 e. The summed E-state index contributed by atoms with van der Waals surface area (Å²) in [6.07, 6.45) is 0. The highest BCUT2D eigenvalue weighted by Crippen LogP contribution is 2.22. The normalized spacial score (nSPS) is 14.5. The fourth-order valence-electron chi connectivity index (χ4n) is 2.67. The van der Waals surface area contributed by atoms with Gasteiger partial charge in [-0.15, -0.1) is 0 Å². The van der Waals surface area contributed by atoms with Crippen LogP contribution < -0.4 is 10.2 Å². The highest BCUT2D eigenvalue weighted by atomic mass is 16.5. The first-order chi connectivity index (χ1) is 11.5. The molecule has 126 valence electrons. The molecule has 24 heavy (non-hydrogen) atoms. The molecule has 1 saturated heterocycles. The van der Waals surface area contributed by atoms with Crippen molar-refractivity contribution < 1.29 is 9.53 Å². The number of rotatable bonds is 3. The Labute approximate surface area is 141 Å². The van der Waals surface area contributed by atoms with Crippen LogP contribution in [-0.4, -0.2) is 42.2 Å². The molecule has 0 aliphatic carbocycles. The third-order valence-electron chi connectivity index (χ3n) is 4.11. The number of nitrogens with one attached hydrogen (secondary N) is 1. The molecule has 0 radical (unpaired) electrons. The topological polar surface area (TPSA) is 67.4 Å². The predicted molar refractivity (Wildman–Crippen MR) is 93.7 cm³/mol. The molecule has 1 amide bonds. The summed E-state index contributed by atoms with van der Waals surface area (Å²) in [4.78, 5) is 23.7. The van der Waals surface area contributed by atoms with Crippen molar-refractivity contribution in [3.63, 3.8) is 0 Å². The second-order valence-electron chi connectivity index (χ2n) is 5.99. The van der Waals surface area contributed by atoms with Gasteiger partial charge < -0.3 is 15.0 Å². The fourth-order valence-corrected chi connectivity index (χ4v) is 2.67. The van der Waals surface area contributed by atoms with Crippen molar-refractivity contribution >= 4 is 17.5 Å². The van der Waals surface area contributed by atoms with Gasteiger partial charge in [0.2, 0.25) is 5.95 Å². The number of aryl methyl sites for hydroxylation is 3. The second-order valence-corrected chi connectivity index (χ2v) is 5.99. The van der Waals surface area contributed by atoms with Crippen molar-refractivity contribution in [2.45, 2.75) is 20.8 Å². The Morgan fingerprint density at radius 2 is 1.62 bits per heavy atom. The SMILES string of the molecule is Cc1ccc(C(=O)Nc2c(C)nc(N3CCOCC3)nc2C)cc1. The van der Waals surface area contributed by atoms with E-state index in [-0.39, 0.29) is 5.91 Å². The van der Waals surface area contributed by atoms with Gasteiger partial charge in [0.1, 0.15) is 0 Å². The van der Waals surface area contributed by atoms with Crippen molar-refractivity contribution in [3.05, 3.63) is 46.8 Å². The van der Waals surface area contributed by atoms with Crippen LogP contribution in [0.3, 0.4) is 0 Å². The highest BCUT2D eigenvalue weighted by Gasteiger charge is 2.18. The molecule has 1 fully saturated rings. The first-order valence-electron chi connectivity index (χ1n) is 8.10. The molecule has 2 aromatic rings. The van der Waals surface area contributed by atoms with Crippen LogP contribution in [-0.2, 0) is 4.74 Å². The van der Waals surface area contributed by atoms with E-state index in [1.165, 1.54) is 0 Å². The third kappa shape index (κ3) is 3.54. The number of amides is 1. The summed E-state index contributed by atoms with van der Waals surface area (Å²) >= 11 is 0. The van der Waals surface area contributed by atoms with E-state index in [0.29, 0.717) is 30.4 Å². The van der Waals surface area contributed by atoms with Crippen LogP contribution in [0.4, 0.5) is 11.6 Å². The van der Waals surface area contributed by atoms with Gasteiger partial charge in [0, 0.05) is 18.7 Å². The molecule has 2 heterocycles. The minimum absolute atomic E-state index is 0.149. The first-order valence-corrected chi connectivity index (χ1v) is 8.10. The number of anilines is 2. The molecule has 1 aliphatic heterocycles. The maximum atomic E-state index is 12.4. The van der Waals surface area contributed by atoms with E-state index < -0.39 is 0 Å². The molecule has 3 rings (SSSR count). The monoisotopic (exact) mass is 326 g/mol. The summed E-state index contributed by atoms with van der Waals surface area (Å²) in [5.74, 6) is 0.547. The maximum absolute atomic E-state index is 12.4. The van der Waals surface area contributed by atoms with E-state index in [4.69, 9.17) is 4.74 Å². The second kappa shape index (κ2) is 6.97. The minimum atomic E-state index is -0.149. The Morgan fingerprint density at radius 3 is 2.21 bits per heavy atom. The molecule has 0 bridgehead atoms. The highest BCUT2D eigenvalue weighted by molar-refractivity contribution is 6.04. The summed E-state index contributed by atoms with van der Waals surface area (Å²) < 4.78 is 5.36. The lowest BCUT2D eigenvalue weighted by atomic mass is 10.1. The summed E-state index contributed by atoms with van der Waals surface area (Å²) in [5, 5.41) is 2.94. The van der Waals surface area contributed by atoms with E-state index >= 15 is 0 Å². The number of hydrogen-bond acceptors (Lipinski definition) is 5. The number of ether oxygens (including phenoxy) is 1. The molecule has 0 spiro atoms. The van der Waals surface area contributed by atoms with Gasteiger partial charge in [-0.2, -0.15) is 0 Å². The van der Waals surface area contributed by atoms with Crippen molar-refractivity contribution in [1.29, 1.82) is 0 Å². The summed E-state index contributed by atoms with van der Waals surface area (Å²) in [7, 11) is 0. The van der Waals surface area contributed by atoms with Crippen molar-refractivity contribution in [2.75, 3.05) is 36.5 Å². The van der Waals surface area contributed by atoms with E-state index in [0.717, 1.165) is 30.0 Å². The van der Waals surface area contributed by atoms with Crippen molar-refractivity contribution in [2.24, 2.45) is 0 Å². The Morgan fingerprint density at radius 1 is 1.04 bits per heavy atom. The first kappa shape index (κ1) is 16.4. The number of aromatic nitrogens is 2. The molecular formula is C18H22N4O2. The quantitative estimate of drug-likeness (QED) is 0.938. The Balaban J connectivity index is 1.80. The molecule has 0 atom stereocenters. The van der Waals surface area contributed by atoms with Gasteiger partial charge >= 0.3 is 0 Å². The lowest BCUT2D eigenvalue weighted by molar-refractivity contribution is 0.102. The zero-order chi connectivity index (χ0) is 17.1. The zero-order valence-electron chi connectivity index (χ0n) is 14.3. The molecule has 0 unspecified atom stereocenters. The lowest BCUT2D eigenvalue weighted by Crippen LogP contribution is -2.37. The average molecular weight is 326 g/mol. The van der Waals surface area contributed by atoms with E-state index in [9.17, 15) is 4.79 Å². The summed E-state index contributed by atoms with van der Waals surface area (Å²) in [5.41, 5.74) is 3.96. The number of carbonyl (C=O) groups is 1. The average Bonchev–Trinajstić information content (AvgIpc) is 2.59. The molecular weight excluding hydrogens is 304 g/mol. The van der Waals surface area contributed by atoms with E-state index in [2.05, 4.69) is 20.2 Å². The van der Waals surface area contributed by atoms with Gasteiger partial charge in [0.05, 0.1) is 30.3 Å². The number of morpholine rings is 1. The summed E-state index contributed by atoms with van der Waals surface area (Å²) in [6, 6.07) is 7.48. The third-order valence-corrected chi connectivity index (χ3v) is 4.11. The maximum Gasteiger partial charge on any atom is 0.255 e.